The molecule has 0 saturated carbocycles. The Morgan fingerprint density at radius 2 is 1.65 bits per heavy atom. The SMILES string of the molecule is Cc1ccc(OCC(=O)Nc2ccc(-c3nc(-c4cc(C)ccc4C)co3)cc2)cc1. The highest BCUT2D eigenvalue weighted by molar-refractivity contribution is 5.92. The molecule has 1 aromatic heterocycles. The number of carbonyl (C=O) groups is 1. The standard InChI is InChI=1S/C26H24N2O3/c1-17-5-12-22(13-6-17)30-16-25(29)27-21-10-8-20(9-11-21)26-28-24(15-31-26)23-14-18(2)4-7-19(23)3/h4-15H,16H2,1-3H3,(H,27,29). The van der Waals surface area contributed by atoms with Gasteiger partial charge < -0.3 is 14.5 Å². The van der Waals surface area contributed by atoms with E-state index in [1.54, 1.807) is 6.26 Å². The van der Waals surface area contributed by atoms with Crippen LogP contribution in [-0.2, 0) is 4.79 Å². The van der Waals surface area contributed by atoms with Gasteiger partial charge in [-0.15, -0.1) is 0 Å². The molecule has 0 spiro atoms. The first-order valence-electron chi connectivity index (χ1n) is 10.1. The van der Waals surface area contributed by atoms with Gasteiger partial charge in [0.2, 0.25) is 5.89 Å². The van der Waals surface area contributed by atoms with Crippen molar-refractivity contribution in [1.29, 1.82) is 0 Å². The second-order valence-corrected chi connectivity index (χ2v) is 7.58. The number of ether oxygens (including phenoxy) is 1. The van der Waals surface area contributed by atoms with Gasteiger partial charge in [0.25, 0.3) is 5.91 Å². The van der Waals surface area contributed by atoms with E-state index in [1.165, 1.54) is 5.56 Å². The number of aromatic nitrogens is 1. The zero-order chi connectivity index (χ0) is 21.8. The number of nitrogens with one attached hydrogen (secondary N) is 1. The molecule has 0 aliphatic heterocycles. The van der Waals surface area contributed by atoms with Crippen molar-refractivity contribution in [2.75, 3.05) is 11.9 Å². The zero-order valence-corrected chi connectivity index (χ0v) is 17.8. The molecule has 156 valence electrons. The van der Waals surface area contributed by atoms with Crippen LogP contribution in [0.25, 0.3) is 22.7 Å². The zero-order valence-electron chi connectivity index (χ0n) is 17.8. The Bertz CT molecular complexity index is 1190. The van der Waals surface area contributed by atoms with Crippen LogP contribution in [0.3, 0.4) is 0 Å². The smallest absolute Gasteiger partial charge is 0.262 e. The minimum absolute atomic E-state index is 0.0518. The molecule has 0 radical (unpaired) electrons. The summed E-state index contributed by atoms with van der Waals surface area (Å²) in [7, 11) is 0. The van der Waals surface area contributed by atoms with Gasteiger partial charge in [-0.25, -0.2) is 4.98 Å². The molecule has 1 heterocycles. The van der Waals surface area contributed by atoms with Gasteiger partial charge in [-0.1, -0.05) is 35.4 Å². The summed E-state index contributed by atoms with van der Waals surface area (Å²) in [6, 6.07) is 21.2. The highest BCUT2D eigenvalue weighted by atomic mass is 16.5. The number of aryl methyl sites for hydroxylation is 3. The second kappa shape index (κ2) is 8.88. The average molecular weight is 412 g/mol. The molecule has 1 N–H and O–H groups in total. The normalized spacial score (nSPS) is 10.7. The fraction of sp³-hybridized carbons (Fsp3) is 0.154. The van der Waals surface area contributed by atoms with Crippen molar-refractivity contribution in [1.82, 2.24) is 4.98 Å². The quantitative estimate of drug-likeness (QED) is 0.425. The first-order valence-corrected chi connectivity index (χ1v) is 10.1. The summed E-state index contributed by atoms with van der Waals surface area (Å²) < 4.78 is 11.2. The molecule has 0 atom stereocenters. The fourth-order valence-corrected chi connectivity index (χ4v) is 3.22. The maximum Gasteiger partial charge on any atom is 0.262 e. The number of oxazole rings is 1. The van der Waals surface area contributed by atoms with Gasteiger partial charge in [0.15, 0.2) is 6.61 Å². The molecule has 4 rings (SSSR count). The van der Waals surface area contributed by atoms with Crippen LogP contribution >= 0.6 is 0 Å². The predicted octanol–water partition coefficient (Wildman–Crippen LogP) is 5.95. The lowest BCUT2D eigenvalue weighted by Crippen LogP contribution is -2.20. The number of benzene rings is 3. The lowest BCUT2D eigenvalue weighted by molar-refractivity contribution is -0.118. The van der Waals surface area contributed by atoms with E-state index in [0.717, 1.165) is 27.9 Å². The van der Waals surface area contributed by atoms with E-state index in [2.05, 4.69) is 42.3 Å². The Balaban J connectivity index is 1.39. The van der Waals surface area contributed by atoms with E-state index >= 15 is 0 Å². The fourth-order valence-electron chi connectivity index (χ4n) is 3.22. The van der Waals surface area contributed by atoms with Crippen molar-refractivity contribution in [3.8, 4) is 28.5 Å². The second-order valence-electron chi connectivity index (χ2n) is 7.58. The number of hydrogen-bond donors (Lipinski definition) is 1. The Hall–Kier alpha value is -3.86. The lowest BCUT2D eigenvalue weighted by atomic mass is 10.0. The molecule has 1 amide bonds. The molecular weight excluding hydrogens is 388 g/mol. The molecule has 3 aromatic carbocycles. The van der Waals surface area contributed by atoms with Crippen LogP contribution in [-0.4, -0.2) is 17.5 Å². The minimum atomic E-state index is -0.221. The molecule has 31 heavy (non-hydrogen) atoms. The summed E-state index contributed by atoms with van der Waals surface area (Å²) in [4.78, 5) is 16.8. The Labute approximate surface area is 181 Å². The van der Waals surface area contributed by atoms with Crippen molar-refractivity contribution < 1.29 is 13.9 Å². The predicted molar refractivity (Wildman–Crippen MR) is 122 cm³/mol. The van der Waals surface area contributed by atoms with E-state index in [0.29, 0.717) is 17.3 Å². The first-order chi connectivity index (χ1) is 15.0. The topological polar surface area (TPSA) is 64.4 Å². The highest BCUT2D eigenvalue weighted by Gasteiger charge is 2.11. The molecule has 0 aliphatic carbocycles. The van der Waals surface area contributed by atoms with E-state index in [9.17, 15) is 4.79 Å². The van der Waals surface area contributed by atoms with Crippen LogP contribution in [0.2, 0.25) is 0 Å². The number of hydrogen-bond acceptors (Lipinski definition) is 4. The summed E-state index contributed by atoms with van der Waals surface area (Å²) in [5, 5.41) is 2.83. The summed E-state index contributed by atoms with van der Waals surface area (Å²) in [6.07, 6.45) is 1.68. The largest absolute Gasteiger partial charge is 0.484 e. The van der Waals surface area contributed by atoms with Crippen LogP contribution in [0.5, 0.6) is 5.75 Å². The molecule has 0 saturated heterocycles. The van der Waals surface area contributed by atoms with Crippen molar-refractivity contribution in [3.05, 3.63) is 89.7 Å². The van der Waals surface area contributed by atoms with E-state index in [-0.39, 0.29) is 12.5 Å². The van der Waals surface area contributed by atoms with Crippen LogP contribution in [0.15, 0.2) is 77.4 Å². The molecule has 4 aromatic rings. The number of anilines is 1. The molecular formula is C26H24N2O3. The van der Waals surface area contributed by atoms with Gasteiger partial charge >= 0.3 is 0 Å². The lowest BCUT2D eigenvalue weighted by Gasteiger charge is -2.08. The summed E-state index contributed by atoms with van der Waals surface area (Å²) >= 11 is 0. The Morgan fingerprint density at radius 3 is 2.39 bits per heavy atom. The Morgan fingerprint density at radius 1 is 0.935 bits per heavy atom. The minimum Gasteiger partial charge on any atom is -0.484 e. The average Bonchev–Trinajstić information content (AvgIpc) is 3.25. The summed E-state index contributed by atoms with van der Waals surface area (Å²) in [5.74, 6) is 0.984. The van der Waals surface area contributed by atoms with Crippen molar-refractivity contribution in [3.63, 3.8) is 0 Å². The molecule has 0 aliphatic rings. The summed E-state index contributed by atoms with van der Waals surface area (Å²) in [6.45, 7) is 6.07. The molecule has 0 fully saturated rings. The maximum atomic E-state index is 12.2. The molecule has 5 nitrogen and oxygen atoms in total. The number of nitrogens with zero attached hydrogens (tertiary/aromatic N) is 1. The van der Waals surface area contributed by atoms with Gasteiger partial charge in [0, 0.05) is 16.8 Å². The third-order valence-corrected chi connectivity index (χ3v) is 4.98. The van der Waals surface area contributed by atoms with Gasteiger partial charge in [-0.05, 0) is 68.8 Å². The van der Waals surface area contributed by atoms with Crippen LogP contribution in [0.4, 0.5) is 5.69 Å². The number of amides is 1. The van der Waals surface area contributed by atoms with Crippen LogP contribution in [0, 0.1) is 20.8 Å². The molecule has 0 bridgehead atoms. The summed E-state index contributed by atoms with van der Waals surface area (Å²) in [5.41, 5.74) is 6.86. The van der Waals surface area contributed by atoms with Crippen molar-refractivity contribution >= 4 is 11.6 Å². The van der Waals surface area contributed by atoms with Gasteiger partial charge in [-0.3, -0.25) is 4.79 Å². The third-order valence-electron chi connectivity index (χ3n) is 4.98. The van der Waals surface area contributed by atoms with Crippen molar-refractivity contribution in [2.45, 2.75) is 20.8 Å². The monoisotopic (exact) mass is 412 g/mol. The van der Waals surface area contributed by atoms with Crippen LogP contribution in [0.1, 0.15) is 16.7 Å². The van der Waals surface area contributed by atoms with Crippen molar-refractivity contribution in [2.24, 2.45) is 0 Å². The van der Waals surface area contributed by atoms with Crippen LogP contribution < -0.4 is 10.1 Å². The molecule has 0 unspecified atom stereocenters. The number of carbonyl (C=O) groups excluding carboxylic acids is 1. The van der Waals surface area contributed by atoms with E-state index in [4.69, 9.17) is 9.15 Å². The first kappa shape index (κ1) is 20.4. The maximum absolute atomic E-state index is 12.2. The third kappa shape index (κ3) is 5.01. The highest BCUT2D eigenvalue weighted by Crippen LogP contribution is 2.28. The van der Waals surface area contributed by atoms with Gasteiger partial charge in [-0.2, -0.15) is 0 Å². The Kier molecular flexibility index (Phi) is 5.85. The molecule has 5 heteroatoms. The van der Waals surface area contributed by atoms with E-state index in [1.807, 2.05) is 55.5 Å². The number of rotatable bonds is 6. The van der Waals surface area contributed by atoms with Gasteiger partial charge in [0.1, 0.15) is 17.7 Å². The van der Waals surface area contributed by atoms with E-state index < -0.39 is 0 Å². The van der Waals surface area contributed by atoms with Gasteiger partial charge in [0.05, 0.1) is 0 Å².